The summed E-state index contributed by atoms with van der Waals surface area (Å²) in [5.74, 6) is 1.13. The zero-order valence-electron chi connectivity index (χ0n) is 20.1. The predicted molar refractivity (Wildman–Crippen MR) is 129 cm³/mol. The Morgan fingerprint density at radius 1 is 0.784 bits per heavy atom. The lowest BCUT2D eigenvalue weighted by Crippen LogP contribution is -2.23. The fourth-order valence-corrected chi connectivity index (χ4v) is 3.40. The summed E-state index contributed by atoms with van der Waals surface area (Å²) in [4.78, 5) is 23.2. The van der Waals surface area contributed by atoms with Gasteiger partial charge in [0.1, 0.15) is 5.82 Å². The zero-order valence-corrected chi connectivity index (χ0v) is 20.1. The third-order valence-corrected chi connectivity index (χ3v) is 5.17. The molecule has 0 unspecified atom stereocenters. The Bertz CT molecular complexity index is 1210. The van der Waals surface area contributed by atoms with Crippen LogP contribution in [0.2, 0.25) is 0 Å². The molecule has 0 radical (unpaired) electrons. The van der Waals surface area contributed by atoms with Crippen LogP contribution in [0.4, 0.5) is 60.0 Å². The lowest BCUT2D eigenvalue weighted by atomic mass is 10.1. The highest BCUT2D eigenvalue weighted by molar-refractivity contribution is 6.00. The average molecular weight is 526 g/mol. The second kappa shape index (κ2) is 10.9. The van der Waals surface area contributed by atoms with Crippen LogP contribution in [0.3, 0.4) is 0 Å². The van der Waals surface area contributed by atoms with Crippen molar-refractivity contribution in [3.8, 4) is 0 Å². The first-order valence-corrected chi connectivity index (χ1v) is 11.1. The number of halogens is 6. The Hall–Kier alpha value is -4.03. The van der Waals surface area contributed by atoms with Gasteiger partial charge in [-0.3, -0.25) is 0 Å². The highest BCUT2D eigenvalue weighted by Crippen LogP contribution is 2.37. The maximum atomic E-state index is 13.0. The van der Waals surface area contributed by atoms with Crippen molar-refractivity contribution in [2.24, 2.45) is 0 Å². The van der Waals surface area contributed by atoms with Crippen LogP contribution in [0.15, 0.2) is 48.5 Å². The van der Waals surface area contributed by atoms with Crippen LogP contribution in [-0.2, 0) is 12.4 Å². The third-order valence-electron chi connectivity index (χ3n) is 5.17. The Morgan fingerprint density at radius 3 is 1.81 bits per heavy atom. The standard InChI is InChI=1S/C24H24F6N6O/c1-4-36(5-2)20-10-14(3)31-21(35-20)32-17-6-8-18(9-7-17)33-22(37)34-19-12-15(23(25,26)27)11-16(13-19)24(28,29)30/h6-13H,4-5H2,1-3H3,(H,31,32,35)(H2,33,34,37). The number of nitrogens with zero attached hydrogens (tertiary/aromatic N) is 3. The van der Waals surface area contributed by atoms with Crippen molar-refractivity contribution in [2.45, 2.75) is 33.1 Å². The molecule has 0 fully saturated rings. The normalized spacial score (nSPS) is 11.7. The van der Waals surface area contributed by atoms with Gasteiger partial charge in [0.05, 0.1) is 11.1 Å². The quantitative estimate of drug-likeness (QED) is 0.287. The fraction of sp³-hybridized carbons (Fsp3) is 0.292. The van der Waals surface area contributed by atoms with Crippen LogP contribution >= 0.6 is 0 Å². The number of alkyl halides is 6. The maximum absolute atomic E-state index is 13.0. The van der Waals surface area contributed by atoms with Crippen molar-refractivity contribution in [2.75, 3.05) is 33.9 Å². The van der Waals surface area contributed by atoms with Crippen LogP contribution in [0.25, 0.3) is 0 Å². The fourth-order valence-electron chi connectivity index (χ4n) is 3.40. The van der Waals surface area contributed by atoms with Crippen LogP contribution in [0, 0.1) is 6.92 Å². The van der Waals surface area contributed by atoms with Gasteiger partial charge in [0, 0.05) is 41.9 Å². The van der Waals surface area contributed by atoms with E-state index >= 15 is 0 Å². The molecule has 0 atom stereocenters. The van der Waals surface area contributed by atoms with Crippen molar-refractivity contribution in [3.05, 3.63) is 65.4 Å². The first kappa shape index (κ1) is 27.6. The largest absolute Gasteiger partial charge is 0.416 e. The number of nitrogens with one attached hydrogen (secondary N) is 3. The third kappa shape index (κ3) is 7.48. The molecule has 1 aromatic heterocycles. The second-order valence-corrected chi connectivity index (χ2v) is 7.94. The molecule has 13 heteroatoms. The summed E-state index contributed by atoms with van der Waals surface area (Å²) in [5, 5.41) is 7.44. The van der Waals surface area contributed by atoms with Crippen molar-refractivity contribution in [1.29, 1.82) is 0 Å². The topological polar surface area (TPSA) is 82.2 Å². The molecule has 2 amide bonds. The van der Waals surface area contributed by atoms with Crippen molar-refractivity contribution in [1.82, 2.24) is 9.97 Å². The minimum atomic E-state index is -5.02. The number of carbonyl (C=O) groups is 1. The minimum Gasteiger partial charge on any atom is -0.357 e. The molecule has 0 saturated carbocycles. The summed E-state index contributed by atoms with van der Waals surface area (Å²) in [6.45, 7) is 7.41. The first-order chi connectivity index (χ1) is 17.3. The molecule has 0 aliphatic rings. The van der Waals surface area contributed by atoms with Crippen molar-refractivity contribution >= 4 is 34.9 Å². The number of hydrogen-bond donors (Lipinski definition) is 3. The highest BCUT2D eigenvalue weighted by atomic mass is 19.4. The molecular formula is C24H24F6N6O. The number of urea groups is 1. The summed E-state index contributed by atoms with van der Waals surface area (Å²) in [6, 6.07) is 7.89. The lowest BCUT2D eigenvalue weighted by molar-refractivity contribution is -0.143. The molecular weight excluding hydrogens is 502 g/mol. The van der Waals surface area contributed by atoms with Crippen LogP contribution in [0.5, 0.6) is 0 Å². The Labute approximate surface area is 208 Å². The number of carbonyl (C=O) groups excluding carboxylic acids is 1. The molecule has 1 heterocycles. The second-order valence-electron chi connectivity index (χ2n) is 7.94. The van der Waals surface area contributed by atoms with E-state index in [9.17, 15) is 31.1 Å². The minimum absolute atomic E-state index is 0.0161. The molecule has 0 spiro atoms. The molecule has 0 bridgehead atoms. The van der Waals surface area contributed by atoms with Crippen LogP contribution in [-0.4, -0.2) is 29.1 Å². The zero-order chi connectivity index (χ0) is 27.4. The maximum Gasteiger partial charge on any atom is 0.416 e. The van der Waals surface area contributed by atoms with Gasteiger partial charge in [-0.2, -0.15) is 31.3 Å². The predicted octanol–water partition coefficient (Wildman–Crippen LogP) is 7.06. The number of aromatic nitrogens is 2. The monoisotopic (exact) mass is 526 g/mol. The summed E-state index contributed by atoms with van der Waals surface area (Å²) >= 11 is 0. The van der Waals surface area contributed by atoms with Gasteiger partial charge in [-0.15, -0.1) is 0 Å². The summed E-state index contributed by atoms with van der Waals surface area (Å²) < 4.78 is 78.1. The van der Waals surface area contributed by atoms with Gasteiger partial charge in [-0.05, 0) is 63.2 Å². The highest BCUT2D eigenvalue weighted by Gasteiger charge is 2.37. The molecule has 3 aromatic rings. The molecule has 2 aromatic carbocycles. The molecule has 0 aliphatic carbocycles. The van der Waals surface area contributed by atoms with Crippen molar-refractivity contribution < 1.29 is 31.1 Å². The van der Waals surface area contributed by atoms with Crippen molar-refractivity contribution in [3.63, 3.8) is 0 Å². The Balaban J connectivity index is 1.70. The Morgan fingerprint density at radius 2 is 1.30 bits per heavy atom. The van der Waals surface area contributed by atoms with E-state index in [-0.39, 0.29) is 11.8 Å². The van der Waals surface area contributed by atoms with Crippen LogP contribution < -0.4 is 20.9 Å². The van der Waals surface area contributed by atoms with Crippen LogP contribution in [0.1, 0.15) is 30.7 Å². The van der Waals surface area contributed by atoms with Gasteiger partial charge < -0.3 is 20.9 Å². The van der Waals surface area contributed by atoms with Gasteiger partial charge >= 0.3 is 18.4 Å². The summed E-state index contributed by atoms with van der Waals surface area (Å²) in [6.07, 6.45) is -10.0. The van der Waals surface area contributed by atoms with E-state index in [2.05, 4.69) is 25.5 Å². The lowest BCUT2D eigenvalue weighted by Gasteiger charge is -2.20. The molecule has 3 rings (SSSR count). The van der Waals surface area contributed by atoms with E-state index in [1.165, 1.54) is 12.1 Å². The summed E-state index contributed by atoms with van der Waals surface area (Å²) in [5.41, 5.74) is -2.11. The molecule has 0 aliphatic heterocycles. The number of anilines is 5. The molecule has 7 nitrogen and oxygen atoms in total. The summed E-state index contributed by atoms with van der Waals surface area (Å²) in [7, 11) is 0. The smallest absolute Gasteiger partial charge is 0.357 e. The van der Waals surface area contributed by atoms with Gasteiger partial charge in [-0.1, -0.05) is 0 Å². The SMILES string of the molecule is CCN(CC)c1cc(C)nc(Nc2ccc(NC(=O)Nc3cc(C(F)(F)F)cc(C(F)(F)F)c3)cc2)n1. The number of rotatable bonds is 7. The Kier molecular flexibility index (Phi) is 8.14. The molecule has 198 valence electrons. The number of amides is 2. The molecule has 37 heavy (non-hydrogen) atoms. The van der Waals surface area contributed by atoms with Gasteiger partial charge in [0.15, 0.2) is 0 Å². The van der Waals surface area contributed by atoms with Gasteiger partial charge in [-0.25, -0.2) is 9.78 Å². The van der Waals surface area contributed by atoms with E-state index in [0.29, 0.717) is 23.8 Å². The van der Waals surface area contributed by atoms with E-state index in [1.54, 1.807) is 12.1 Å². The number of hydrogen-bond acceptors (Lipinski definition) is 5. The van der Waals surface area contributed by atoms with E-state index in [1.807, 2.05) is 32.2 Å². The first-order valence-electron chi connectivity index (χ1n) is 11.1. The number of benzene rings is 2. The van der Waals surface area contributed by atoms with E-state index in [4.69, 9.17) is 0 Å². The molecule has 0 saturated heterocycles. The van der Waals surface area contributed by atoms with E-state index in [0.717, 1.165) is 24.6 Å². The number of aryl methyl sites for hydroxylation is 1. The van der Waals surface area contributed by atoms with Gasteiger partial charge in [0.25, 0.3) is 0 Å². The molecule has 3 N–H and O–H groups in total. The van der Waals surface area contributed by atoms with E-state index < -0.39 is 35.2 Å². The average Bonchev–Trinajstić information content (AvgIpc) is 2.79. The van der Waals surface area contributed by atoms with Gasteiger partial charge in [0.2, 0.25) is 5.95 Å².